The van der Waals surface area contributed by atoms with E-state index in [1.165, 1.54) is 0 Å². The van der Waals surface area contributed by atoms with Crippen molar-refractivity contribution >= 4 is 11.8 Å². The Morgan fingerprint density at radius 1 is 1.18 bits per heavy atom. The van der Waals surface area contributed by atoms with E-state index >= 15 is 0 Å². The van der Waals surface area contributed by atoms with Crippen LogP contribution in [-0.2, 0) is 9.59 Å². The zero-order valence-corrected chi connectivity index (χ0v) is 11.3. The highest BCUT2D eigenvalue weighted by atomic mass is 16.2. The third-order valence-corrected chi connectivity index (χ3v) is 2.44. The van der Waals surface area contributed by atoms with Crippen molar-refractivity contribution in [3.8, 4) is 0 Å². The van der Waals surface area contributed by atoms with Gasteiger partial charge in [0, 0.05) is 19.5 Å². The molecule has 0 heterocycles. The van der Waals surface area contributed by atoms with Crippen LogP contribution in [0.25, 0.3) is 0 Å². The summed E-state index contributed by atoms with van der Waals surface area (Å²) in [5, 5.41) is 5.42. The van der Waals surface area contributed by atoms with Crippen molar-refractivity contribution in [2.75, 3.05) is 13.1 Å². The molecule has 0 rings (SSSR count). The van der Waals surface area contributed by atoms with Gasteiger partial charge in [0.2, 0.25) is 11.8 Å². The summed E-state index contributed by atoms with van der Waals surface area (Å²) in [4.78, 5) is 22.9. The van der Waals surface area contributed by atoms with Gasteiger partial charge in [-0.15, -0.1) is 0 Å². The van der Waals surface area contributed by atoms with E-state index in [0.717, 1.165) is 6.42 Å². The van der Waals surface area contributed by atoms with Gasteiger partial charge < -0.3 is 16.4 Å². The van der Waals surface area contributed by atoms with Crippen LogP contribution < -0.4 is 16.4 Å². The molecule has 0 aromatic rings. The molecular formula is C12H25N3O2. The molecule has 17 heavy (non-hydrogen) atoms. The molecule has 0 fully saturated rings. The van der Waals surface area contributed by atoms with Crippen LogP contribution in [0.4, 0.5) is 0 Å². The molecule has 0 aromatic heterocycles. The zero-order chi connectivity index (χ0) is 13.5. The van der Waals surface area contributed by atoms with E-state index in [-0.39, 0.29) is 17.2 Å². The van der Waals surface area contributed by atoms with Crippen LogP contribution in [0.5, 0.6) is 0 Å². The lowest BCUT2D eigenvalue weighted by atomic mass is 9.87. The fourth-order valence-electron chi connectivity index (χ4n) is 1.16. The number of amides is 2. The molecule has 5 heteroatoms. The molecular weight excluding hydrogens is 218 g/mol. The Hall–Kier alpha value is -1.10. The summed E-state index contributed by atoms with van der Waals surface area (Å²) in [7, 11) is 0. The minimum Gasteiger partial charge on any atom is -0.356 e. The molecule has 0 unspecified atom stereocenters. The quantitative estimate of drug-likeness (QED) is 0.631. The molecule has 100 valence electrons. The largest absolute Gasteiger partial charge is 0.356 e. The molecule has 5 nitrogen and oxygen atoms in total. The maximum atomic E-state index is 11.6. The lowest BCUT2D eigenvalue weighted by Gasteiger charge is -2.25. The summed E-state index contributed by atoms with van der Waals surface area (Å²) in [6.07, 6.45) is 1.20. The molecule has 0 aliphatic carbocycles. The predicted molar refractivity (Wildman–Crippen MR) is 68.4 cm³/mol. The van der Waals surface area contributed by atoms with E-state index in [4.69, 9.17) is 5.73 Å². The number of carbonyl (C=O) groups excluding carboxylic acids is 2. The molecule has 0 saturated carbocycles. The van der Waals surface area contributed by atoms with Gasteiger partial charge in [-0.05, 0) is 11.8 Å². The molecule has 0 bridgehead atoms. The molecule has 0 aliphatic heterocycles. The maximum absolute atomic E-state index is 11.6. The first kappa shape index (κ1) is 15.9. The van der Waals surface area contributed by atoms with Crippen molar-refractivity contribution in [2.24, 2.45) is 11.1 Å². The third-order valence-electron chi connectivity index (χ3n) is 2.44. The van der Waals surface area contributed by atoms with Crippen molar-refractivity contribution in [3.63, 3.8) is 0 Å². The van der Waals surface area contributed by atoms with Crippen LogP contribution >= 0.6 is 0 Å². The van der Waals surface area contributed by atoms with Crippen molar-refractivity contribution in [1.82, 2.24) is 10.6 Å². The Morgan fingerprint density at radius 3 is 2.24 bits per heavy atom. The number of rotatable bonds is 6. The molecule has 0 aromatic carbocycles. The minimum absolute atomic E-state index is 0.0449. The first-order chi connectivity index (χ1) is 7.79. The number of nitrogens with two attached hydrogens (primary N) is 1. The first-order valence-electron chi connectivity index (χ1n) is 6.09. The average molecular weight is 243 g/mol. The number of nitrogens with one attached hydrogen (secondary N) is 2. The normalized spacial score (nSPS) is 13.0. The second-order valence-electron chi connectivity index (χ2n) is 5.23. The summed E-state index contributed by atoms with van der Waals surface area (Å²) < 4.78 is 0. The van der Waals surface area contributed by atoms with E-state index in [1.807, 2.05) is 27.7 Å². The molecule has 0 saturated heterocycles. The molecule has 4 N–H and O–H groups in total. The van der Waals surface area contributed by atoms with Gasteiger partial charge in [0.15, 0.2) is 0 Å². The fraction of sp³-hybridized carbons (Fsp3) is 0.833. The van der Waals surface area contributed by atoms with Crippen LogP contribution in [0.1, 0.15) is 40.5 Å². The minimum atomic E-state index is -0.554. The van der Waals surface area contributed by atoms with Crippen LogP contribution in [0.2, 0.25) is 0 Å². The predicted octanol–water partition coefficient (Wildman–Crippen LogP) is 0.392. The zero-order valence-electron chi connectivity index (χ0n) is 11.3. The van der Waals surface area contributed by atoms with E-state index in [0.29, 0.717) is 19.5 Å². The molecule has 0 spiro atoms. The van der Waals surface area contributed by atoms with Crippen molar-refractivity contribution in [1.29, 1.82) is 0 Å². The van der Waals surface area contributed by atoms with E-state index in [1.54, 1.807) is 0 Å². The Morgan fingerprint density at radius 2 is 1.76 bits per heavy atom. The van der Waals surface area contributed by atoms with Gasteiger partial charge in [0.05, 0.1) is 6.04 Å². The van der Waals surface area contributed by atoms with E-state index < -0.39 is 6.04 Å². The van der Waals surface area contributed by atoms with Crippen LogP contribution in [0.3, 0.4) is 0 Å². The van der Waals surface area contributed by atoms with Crippen molar-refractivity contribution < 1.29 is 9.59 Å². The van der Waals surface area contributed by atoms with Crippen LogP contribution in [0.15, 0.2) is 0 Å². The van der Waals surface area contributed by atoms with E-state index in [2.05, 4.69) is 10.6 Å². The molecule has 0 aliphatic rings. The summed E-state index contributed by atoms with van der Waals surface area (Å²) in [6.45, 7) is 8.72. The topological polar surface area (TPSA) is 84.2 Å². The van der Waals surface area contributed by atoms with Crippen molar-refractivity contribution in [2.45, 2.75) is 46.6 Å². The molecule has 2 amide bonds. The van der Waals surface area contributed by atoms with Crippen molar-refractivity contribution in [3.05, 3.63) is 0 Å². The highest BCUT2D eigenvalue weighted by Crippen LogP contribution is 2.16. The second kappa shape index (κ2) is 7.27. The SMILES string of the molecule is CCCNC(=O)CCNC(=O)[C@H](N)C(C)(C)C. The summed E-state index contributed by atoms with van der Waals surface area (Å²) >= 11 is 0. The monoisotopic (exact) mass is 243 g/mol. The smallest absolute Gasteiger partial charge is 0.237 e. The third kappa shape index (κ3) is 6.94. The van der Waals surface area contributed by atoms with Gasteiger partial charge in [-0.3, -0.25) is 9.59 Å². The Kier molecular flexibility index (Phi) is 6.80. The summed E-state index contributed by atoms with van der Waals surface area (Å²) in [6, 6.07) is -0.554. The van der Waals surface area contributed by atoms with Gasteiger partial charge in [-0.2, -0.15) is 0 Å². The van der Waals surface area contributed by atoms with Crippen LogP contribution in [-0.4, -0.2) is 30.9 Å². The van der Waals surface area contributed by atoms with Gasteiger partial charge in [-0.25, -0.2) is 0 Å². The van der Waals surface area contributed by atoms with E-state index in [9.17, 15) is 9.59 Å². The Bertz CT molecular complexity index is 259. The molecule has 0 radical (unpaired) electrons. The fourth-order valence-corrected chi connectivity index (χ4v) is 1.16. The lowest BCUT2D eigenvalue weighted by Crippen LogP contribution is -2.49. The first-order valence-corrected chi connectivity index (χ1v) is 6.09. The van der Waals surface area contributed by atoms with Gasteiger partial charge in [0.25, 0.3) is 0 Å². The average Bonchev–Trinajstić information content (AvgIpc) is 2.23. The van der Waals surface area contributed by atoms with Crippen LogP contribution in [0, 0.1) is 5.41 Å². The number of hydrogen-bond acceptors (Lipinski definition) is 3. The number of hydrogen-bond donors (Lipinski definition) is 3. The Labute approximate surface area is 104 Å². The highest BCUT2D eigenvalue weighted by molar-refractivity contribution is 5.83. The van der Waals surface area contributed by atoms with Gasteiger partial charge in [-0.1, -0.05) is 27.7 Å². The maximum Gasteiger partial charge on any atom is 0.237 e. The standard InChI is InChI=1S/C12H25N3O2/c1-5-7-14-9(16)6-8-15-11(17)10(13)12(2,3)4/h10H,5-8,13H2,1-4H3,(H,14,16)(H,15,17)/t10-/m0/s1. The summed E-state index contributed by atoms with van der Waals surface area (Å²) in [5.74, 6) is -0.253. The lowest BCUT2D eigenvalue weighted by molar-refractivity contribution is -0.124. The number of carbonyl (C=O) groups is 2. The molecule has 1 atom stereocenters. The van der Waals surface area contributed by atoms with Gasteiger partial charge >= 0.3 is 0 Å². The summed E-state index contributed by atoms with van der Waals surface area (Å²) in [5.41, 5.74) is 5.51. The van der Waals surface area contributed by atoms with Gasteiger partial charge in [0.1, 0.15) is 0 Å². The Balaban J connectivity index is 3.82. The highest BCUT2D eigenvalue weighted by Gasteiger charge is 2.26. The second-order valence-corrected chi connectivity index (χ2v) is 5.23.